The summed E-state index contributed by atoms with van der Waals surface area (Å²) in [6.45, 7) is 5.30. The minimum atomic E-state index is -0.245. The van der Waals surface area contributed by atoms with Crippen LogP contribution in [0.15, 0.2) is 28.8 Å². The third-order valence-corrected chi connectivity index (χ3v) is 5.13. The van der Waals surface area contributed by atoms with Gasteiger partial charge in [0, 0.05) is 41.9 Å². The highest BCUT2D eigenvalue weighted by atomic mass is 32.2. The van der Waals surface area contributed by atoms with E-state index in [1.165, 1.54) is 0 Å². The van der Waals surface area contributed by atoms with Crippen LogP contribution < -0.4 is 10.6 Å². The summed E-state index contributed by atoms with van der Waals surface area (Å²) in [6.07, 6.45) is 0. The Morgan fingerprint density at radius 1 is 1.27 bits per heavy atom. The number of carbonyl (C=O) groups excluding carboxylic acids is 2. The molecule has 8 heteroatoms. The molecule has 1 aliphatic heterocycles. The molecule has 1 fully saturated rings. The zero-order valence-electron chi connectivity index (χ0n) is 14.9. The summed E-state index contributed by atoms with van der Waals surface area (Å²) < 4.78 is 4.97. The molecule has 1 aromatic heterocycles. The lowest BCUT2D eigenvalue weighted by atomic mass is 10.1. The quantitative estimate of drug-likeness (QED) is 0.836. The minimum absolute atomic E-state index is 0.0491. The number of hydrogen-bond donors (Lipinski definition) is 2. The first-order valence-corrected chi connectivity index (χ1v) is 9.64. The van der Waals surface area contributed by atoms with Crippen molar-refractivity contribution in [1.29, 1.82) is 0 Å². The molecule has 0 spiro atoms. The van der Waals surface area contributed by atoms with Crippen molar-refractivity contribution >= 4 is 35.1 Å². The normalized spacial score (nSPS) is 14.2. The largest absolute Gasteiger partial charge is 0.376 e. The Hall–Kier alpha value is -2.48. The van der Waals surface area contributed by atoms with Crippen LogP contribution in [0.25, 0.3) is 0 Å². The summed E-state index contributed by atoms with van der Waals surface area (Å²) in [5.74, 6) is 2.07. The van der Waals surface area contributed by atoms with Crippen molar-refractivity contribution in [2.75, 3.05) is 41.8 Å². The molecule has 0 saturated carbocycles. The Kier molecular flexibility index (Phi) is 5.82. The number of thioether (sulfide) groups is 1. The van der Waals surface area contributed by atoms with Gasteiger partial charge in [-0.2, -0.15) is 11.8 Å². The Morgan fingerprint density at radius 2 is 2.04 bits per heavy atom. The van der Waals surface area contributed by atoms with Crippen molar-refractivity contribution in [3.8, 4) is 0 Å². The summed E-state index contributed by atoms with van der Waals surface area (Å²) in [4.78, 5) is 26.7. The lowest BCUT2D eigenvalue weighted by molar-refractivity contribution is -0.114. The van der Waals surface area contributed by atoms with Crippen LogP contribution in [-0.4, -0.2) is 53.0 Å². The van der Waals surface area contributed by atoms with E-state index in [0.717, 1.165) is 35.8 Å². The maximum absolute atomic E-state index is 12.7. The molecule has 0 atom stereocenters. The van der Waals surface area contributed by atoms with Crippen LogP contribution in [0.3, 0.4) is 0 Å². The molecule has 0 radical (unpaired) electrons. The van der Waals surface area contributed by atoms with Crippen molar-refractivity contribution in [2.24, 2.45) is 0 Å². The molecule has 2 heterocycles. The lowest BCUT2D eigenvalue weighted by Crippen LogP contribution is -2.38. The molecular weight excluding hydrogens is 352 g/mol. The van der Waals surface area contributed by atoms with E-state index in [0.29, 0.717) is 17.1 Å². The zero-order chi connectivity index (χ0) is 18.5. The van der Waals surface area contributed by atoms with Crippen LogP contribution in [-0.2, 0) is 4.79 Å². The highest BCUT2D eigenvalue weighted by Crippen LogP contribution is 2.22. The molecule has 0 bridgehead atoms. The second kappa shape index (κ2) is 8.27. The van der Waals surface area contributed by atoms with Gasteiger partial charge in [-0.15, -0.1) is 0 Å². The first-order chi connectivity index (χ1) is 12.5. The Balaban J connectivity index is 1.63. The van der Waals surface area contributed by atoms with Gasteiger partial charge in [0.05, 0.1) is 12.2 Å². The number of carbonyl (C=O) groups is 2. The van der Waals surface area contributed by atoms with Gasteiger partial charge in [-0.25, -0.2) is 0 Å². The summed E-state index contributed by atoms with van der Waals surface area (Å²) in [5.41, 5.74) is 2.99. The number of anilines is 2. The molecule has 138 valence electrons. The highest BCUT2D eigenvalue weighted by molar-refractivity contribution is 7.99. The lowest BCUT2D eigenvalue weighted by Gasteiger charge is -2.27. The Morgan fingerprint density at radius 3 is 2.73 bits per heavy atom. The van der Waals surface area contributed by atoms with Crippen molar-refractivity contribution in [3.05, 3.63) is 41.1 Å². The number of amides is 2. The Bertz CT molecular complexity index is 799. The van der Waals surface area contributed by atoms with Crippen molar-refractivity contribution in [2.45, 2.75) is 13.8 Å². The fourth-order valence-electron chi connectivity index (χ4n) is 2.78. The van der Waals surface area contributed by atoms with Crippen LogP contribution >= 0.6 is 11.8 Å². The van der Waals surface area contributed by atoms with Crippen LogP contribution in [0.2, 0.25) is 0 Å². The maximum atomic E-state index is 12.7. The number of hydrogen-bond acceptors (Lipinski definition) is 6. The van der Waals surface area contributed by atoms with Crippen LogP contribution in [0.5, 0.6) is 0 Å². The van der Waals surface area contributed by atoms with E-state index in [-0.39, 0.29) is 18.4 Å². The second-order valence-corrected chi connectivity index (χ2v) is 7.34. The number of aryl methyl sites for hydroxylation is 1. The van der Waals surface area contributed by atoms with E-state index in [2.05, 4.69) is 15.8 Å². The summed E-state index contributed by atoms with van der Waals surface area (Å²) in [7, 11) is 0. The molecule has 0 aliphatic carbocycles. The fraction of sp³-hybridized carbons (Fsp3) is 0.389. The number of aromatic nitrogens is 1. The summed E-state index contributed by atoms with van der Waals surface area (Å²) >= 11 is 1.87. The van der Waals surface area contributed by atoms with Crippen molar-refractivity contribution in [1.82, 2.24) is 10.1 Å². The maximum Gasteiger partial charge on any atom is 0.254 e. The third-order valence-electron chi connectivity index (χ3n) is 4.19. The molecule has 1 aromatic carbocycles. The molecule has 2 N–H and O–H groups in total. The van der Waals surface area contributed by atoms with Crippen LogP contribution in [0, 0.1) is 13.8 Å². The molecule has 1 saturated heterocycles. The topological polar surface area (TPSA) is 87.5 Å². The van der Waals surface area contributed by atoms with Gasteiger partial charge in [0.25, 0.3) is 5.91 Å². The third kappa shape index (κ3) is 4.37. The molecule has 26 heavy (non-hydrogen) atoms. The number of nitrogens with one attached hydrogen (secondary N) is 2. The van der Waals surface area contributed by atoms with Gasteiger partial charge in [0.15, 0.2) is 0 Å². The van der Waals surface area contributed by atoms with Crippen molar-refractivity contribution in [3.63, 3.8) is 0 Å². The SMILES string of the molecule is Cc1cc(NC(=O)CNc2cccc(C(=O)N3CCSCC3)c2C)on1. The van der Waals surface area contributed by atoms with E-state index < -0.39 is 0 Å². The molecule has 2 amide bonds. The van der Waals surface area contributed by atoms with Gasteiger partial charge < -0.3 is 14.7 Å². The molecule has 3 rings (SSSR count). The smallest absolute Gasteiger partial charge is 0.254 e. The standard InChI is InChI=1S/C18H22N4O3S/c1-12-10-17(25-21-12)20-16(23)11-19-15-5-3-4-14(13(15)2)18(24)22-6-8-26-9-7-22/h3-5,10,19H,6-9,11H2,1-2H3,(H,20,23). The molecule has 2 aromatic rings. The average molecular weight is 374 g/mol. The van der Waals surface area contributed by atoms with Gasteiger partial charge >= 0.3 is 0 Å². The number of rotatable bonds is 5. The van der Waals surface area contributed by atoms with E-state index in [9.17, 15) is 9.59 Å². The zero-order valence-corrected chi connectivity index (χ0v) is 15.7. The van der Waals surface area contributed by atoms with Gasteiger partial charge in [0.1, 0.15) is 0 Å². The summed E-state index contributed by atoms with van der Waals surface area (Å²) in [5, 5.41) is 9.45. The first-order valence-electron chi connectivity index (χ1n) is 8.48. The average Bonchev–Trinajstić information content (AvgIpc) is 3.05. The van der Waals surface area contributed by atoms with E-state index in [4.69, 9.17) is 4.52 Å². The van der Waals surface area contributed by atoms with Crippen LogP contribution in [0.1, 0.15) is 21.6 Å². The van der Waals surface area contributed by atoms with E-state index >= 15 is 0 Å². The molecular formula is C18H22N4O3S. The van der Waals surface area contributed by atoms with Crippen LogP contribution in [0.4, 0.5) is 11.6 Å². The first kappa shape index (κ1) is 18.3. The predicted octanol–water partition coefficient (Wildman–Crippen LogP) is 2.53. The van der Waals surface area contributed by atoms with Gasteiger partial charge in [-0.3, -0.25) is 14.9 Å². The summed E-state index contributed by atoms with van der Waals surface area (Å²) in [6, 6.07) is 7.18. The van der Waals surface area contributed by atoms with E-state index in [1.54, 1.807) is 13.0 Å². The van der Waals surface area contributed by atoms with Gasteiger partial charge in [-0.1, -0.05) is 11.2 Å². The fourth-order valence-corrected chi connectivity index (χ4v) is 3.68. The molecule has 1 aliphatic rings. The van der Waals surface area contributed by atoms with Crippen molar-refractivity contribution < 1.29 is 14.1 Å². The Labute approximate surface area is 156 Å². The number of nitrogens with zero attached hydrogens (tertiary/aromatic N) is 2. The van der Waals surface area contributed by atoms with Gasteiger partial charge in [0.2, 0.25) is 11.8 Å². The molecule has 7 nitrogen and oxygen atoms in total. The minimum Gasteiger partial charge on any atom is -0.376 e. The highest BCUT2D eigenvalue weighted by Gasteiger charge is 2.20. The second-order valence-electron chi connectivity index (χ2n) is 6.12. The number of benzene rings is 1. The van der Waals surface area contributed by atoms with Gasteiger partial charge in [-0.05, 0) is 31.5 Å². The predicted molar refractivity (Wildman–Crippen MR) is 103 cm³/mol. The monoisotopic (exact) mass is 374 g/mol. The van der Waals surface area contributed by atoms with E-state index in [1.807, 2.05) is 41.8 Å². The molecule has 0 unspecified atom stereocenters.